The topological polar surface area (TPSA) is 85.3 Å². The quantitative estimate of drug-likeness (QED) is 0.719. The van der Waals surface area contributed by atoms with Crippen molar-refractivity contribution in [1.29, 1.82) is 0 Å². The number of carbonyl (C=O) groups is 1. The Labute approximate surface area is 179 Å². The van der Waals surface area contributed by atoms with Crippen LogP contribution in [-0.2, 0) is 21.1 Å². The van der Waals surface area contributed by atoms with E-state index in [1.807, 2.05) is 48.2 Å². The van der Waals surface area contributed by atoms with Crippen molar-refractivity contribution in [2.24, 2.45) is 4.99 Å². The van der Waals surface area contributed by atoms with Gasteiger partial charge in [0.05, 0.1) is 24.0 Å². The molecule has 2 aromatic carbocycles. The van der Waals surface area contributed by atoms with Crippen LogP contribution < -0.4 is 14.4 Å². The molecule has 2 saturated heterocycles. The summed E-state index contributed by atoms with van der Waals surface area (Å²) in [6, 6.07) is 13.0. The van der Waals surface area contributed by atoms with E-state index in [0.717, 1.165) is 16.8 Å². The number of thioether (sulfide) groups is 1. The zero-order chi connectivity index (χ0) is 20.9. The molecule has 0 N–H and O–H groups in total. The van der Waals surface area contributed by atoms with E-state index in [0.29, 0.717) is 16.7 Å². The Bertz CT molecular complexity index is 1160. The first kappa shape index (κ1) is 19.4. The molecule has 7 nitrogen and oxygen atoms in total. The molecule has 30 heavy (non-hydrogen) atoms. The minimum absolute atomic E-state index is 0.0458. The number of sulfone groups is 1. The normalized spacial score (nSPS) is 25.0. The number of amidine groups is 1. The molecule has 0 spiro atoms. The highest BCUT2D eigenvalue weighted by Gasteiger charge is 2.49. The lowest BCUT2D eigenvalue weighted by Gasteiger charge is -2.24. The zero-order valence-corrected chi connectivity index (χ0v) is 17.9. The number of amides is 1. The summed E-state index contributed by atoms with van der Waals surface area (Å²) in [5, 5.41) is 0.391. The molecule has 0 saturated carbocycles. The Kier molecular flexibility index (Phi) is 4.74. The van der Waals surface area contributed by atoms with Gasteiger partial charge < -0.3 is 14.4 Å². The standard InChI is InChI=1S/C21H20N2O5S2/c1-13-3-2-4-14(7-13)8-20(24)22-21-23(16-10-30(25,26)11-19(16)29-21)15-5-6-17-18(9-15)28-12-27-17/h2-7,9,16,19H,8,10-12H2,1H3. The van der Waals surface area contributed by atoms with E-state index in [1.165, 1.54) is 11.8 Å². The number of hydrogen-bond acceptors (Lipinski definition) is 6. The van der Waals surface area contributed by atoms with Gasteiger partial charge in [-0.15, -0.1) is 0 Å². The van der Waals surface area contributed by atoms with E-state index in [4.69, 9.17) is 9.47 Å². The summed E-state index contributed by atoms with van der Waals surface area (Å²) in [6.45, 7) is 2.14. The zero-order valence-electron chi connectivity index (χ0n) is 16.3. The maximum absolute atomic E-state index is 12.7. The van der Waals surface area contributed by atoms with Gasteiger partial charge in [0.1, 0.15) is 0 Å². The fraction of sp³-hybridized carbons (Fsp3) is 0.333. The van der Waals surface area contributed by atoms with Gasteiger partial charge in [-0.25, -0.2) is 8.42 Å². The molecule has 156 valence electrons. The molecule has 9 heteroatoms. The smallest absolute Gasteiger partial charge is 0.252 e. The van der Waals surface area contributed by atoms with E-state index in [2.05, 4.69) is 4.99 Å². The van der Waals surface area contributed by atoms with E-state index < -0.39 is 9.84 Å². The summed E-state index contributed by atoms with van der Waals surface area (Å²) < 4.78 is 35.3. The van der Waals surface area contributed by atoms with Gasteiger partial charge in [0.2, 0.25) is 6.79 Å². The molecule has 2 atom stereocenters. The minimum atomic E-state index is -3.12. The van der Waals surface area contributed by atoms with Gasteiger partial charge in [-0.2, -0.15) is 4.99 Å². The number of aryl methyl sites for hydroxylation is 1. The van der Waals surface area contributed by atoms with Crippen molar-refractivity contribution in [3.8, 4) is 11.5 Å². The van der Waals surface area contributed by atoms with Crippen LogP contribution in [0.5, 0.6) is 11.5 Å². The summed E-state index contributed by atoms with van der Waals surface area (Å²) in [6.07, 6.45) is 0.203. The summed E-state index contributed by atoms with van der Waals surface area (Å²) in [5.74, 6) is 1.14. The molecule has 1 amide bonds. The summed E-state index contributed by atoms with van der Waals surface area (Å²) in [5.41, 5.74) is 2.74. The molecular formula is C21H20N2O5S2. The largest absolute Gasteiger partial charge is 0.454 e. The highest BCUT2D eigenvalue weighted by molar-refractivity contribution is 8.16. The molecule has 3 aliphatic rings. The van der Waals surface area contributed by atoms with Crippen molar-refractivity contribution in [3.05, 3.63) is 53.6 Å². The average molecular weight is 445 g/mol. The van der Waals surface area contributed by atoms with Crippen LogP contribution >= 0.6 is 11.8 Å². The lowest BCUT2D eigenvalue weighted by atomic mass is 10.1. The number of carbonyl (C=O) groups excluding carboxylic acids is 1. The molecule has 3 aliphatic heterocycles. The molecule has 3 heterocycles. The molecule has 0 bridgehead atoms. The van der Waals surface area contributed by atoms with Gasteiger partial charge >= 0.3 is 0 Å². The maximum Gasteiger partial charge on any atom is 0.252 e. The number of nitrogens with zero attached hydrogens (tertiary/aromatic N) is 2. The first-order chi connectivity index (χ1) is 14.4. The van der Waals surface area contributed by atoms with Gasteiger partial charge in [0.15, 0.2) is 26.5 Å². The van der Waals surface area contributed by atoms with E-state index in [9.17, 15) is 13.2 Å². The van der Waals surface area contributed by atoms with Crippen LogP contribution in [0.25, 0.3) is 0 Å². The van der Waals surface area contributed by atoms with E-state index in [1.54, 1.807) is 6.07 Å². The molecule has 0 radical (unpaired) electrons. The Morgan fingerprint density at radius 1 is 1.17 bits per heavy atom. The fourth-order valence-electron chi connectivity index (χ4n) is 4.04. The predicted molar refractivity (Wildman–Crippen MR) is 116 cm³/mol. The average Bonchev–Trinajstić information content (AvgIpc) is 3.32. The monoisotopic (exact) mass is 444 g/mol. The molecule has 2 fully saturated rings. The fourth-order valence-corrected chi connectivity index (χ4v) is 7.98. The number of rotatable bonds is 3. The van der Waals surface area contributed by atoms with Crippen LogP contribution in [-0.4, -0.2) is 49.1 Å². The van der Waals surface area contributed by atoms with Crippen molar-refractivity contribution in [2.75, 3.05) is 23.2 Å². The first-order valence-electron chi connectivity index (χ1n) is 9.61. The number of aliphatic imine (C=N–C) groups is 1. The molecule has 2 unspecified atom stereocenters. The third-order valence-electron chi connectivity index (χ3n) is 5.36. The third-order valence-corrected chi connectivity index (χ3v) is 8.57. The molecule has 0 aromatic heterocycles. The van der Waals surface area contributed by atoms with Gasteiger partial charge in [-0.3, -0.25) is 4.79 Å². The lowest BCUT2D eigenvalue weighted by Crippen LogP contribution is -2.37. The van der Waals surface area contributed by atoms with E-state index >= 15 is 0 Å². The summed E-state index contributed by atoms with van der Waals surface area (Å²) in [7, 11) is -3.12. The summed E-state index contributed by atoms with van der Waals surface area (Å²) >= 11 is 1.37. The van der Waals surface area contributed by atoms with Crippen LogP contribution in [0.15, 0.2) is 47.5 Å². The SMILES string of the molecule is Cc1cccc(CC(=O)N=C2SC3CS(=O)(=O)CC3N2c2ccc3c(c2)OCO3)c1. The van der Waals surface area contributed by atoms with Crippen LogP contribution in [0.4, 0.5) is 5.69 Å². The van der Waals surface area contributed by atoms with Crippen molar-refractivity contribution >= 4 is 38.4 Å². The summed E-state index contributed by atoms with van der Waals surface area (Å²) in [4.78, 5) is 19.0. The second kappa shape index (κ2) is 7.31. The van der Waals surface area contributed by atoms with Gasteiger partial charge in [0, 0.05) is 17.0 Å². The molecular weight excluding hydrogens is 424 g/mol. The lowest BCUT2D eigenvalue weighted by molar-refractivity contribution is -0.117. The Hall–Kier alpha value is -2.52. The van der Waals surface area contributed by atoms with Crippen molar-refractivity contribution < 1.29 is 22.7 Å². The second-order valence-corrected chi connectivity index (χ2v) is 11.0. The van der Waals surface area contributed by atoms with Gasteiger partial charge in [0.25, 0.3) is 5.91 Å². The maximum atomic E-state index is 12.7. The number of fused-ring (bicyclic) bond motifs is 2. The van der Waals surface area contributed by atoms with Crippen LogP contribution in [0, 0.1) is 6.92 Å². The first-order valence-corrected chi connectivity index (χ1v) is 12.3. The number of benzene rings is 2. The van der Waals surface area contributed by atoms with E-state index in [-0.39, 0.29) is 41.9 Å². The Morgan fingerprint density at radius 2 is 2.00 bits per heavy atom. The highest BCUT2D eigenvalue weighted by atomic mass is 32.2. The van der Waals surface area contributed by atoms with Gasteiger partial charge in [-0.05, 0) is 24.6 Å². The van der Waals surface area contributed by atoms with Gasteiger partial charge in [-0.1, -0.05) is 41.6 Å². The number of hydrogen-bond donors (Lipinski definition) is 0. The third kappa shape index (κ3) is 3.67. The van der Waals surface area contributed by atoms with Crippen LogP contribution in [0.2, 0.25) is 0 Å². The molecule has 0 aliphatic carbocycles. The Morgan fingerprint density at radius 3 is 2.83 bits per heavy atom. The minimum Gasteiger partial charge on any atom is -0.454 e. The van der Waals surface area contributed by atoms with Crippen LogP contribution in [0.3, 0.4) is 0 Å². The van der Waals surface area contributed by atoms with Crippen molar-refractivity contribution in [3.63, 3.8) is 0 Å². The number of anilines is 1. The van der Waals surface area contributed by atoms with Crippen LogP contribution in [0.1, 0.15) is 11.1 Å². The predicted octanol–water partition coefficient (Wildman–Crippen LogP) is 2.57. The molecule has 5 rings (SSSR count). The number of ether oxygens (including phenoxy) is 2. The molecule has 2 aromatic rings. The second-order valence-electron chi connectivity index (χ2n) is 7.66. The van der Waals surface area contributed by atoms with Crippen molar-refractivity contribution in [2.45, 2.75) is 24.6 Å². The Balaban J connectivity index is 1.47. The highest BCUT2D eigenvalue weighted by Crippen LogP contribution is 2.43. The van der Waals surface area contributed by atoms with Crippen molar-refractivity contribution in [1.82, 2.24) is 0 Å².